The van der Waals surface area contributed by atoms with Crippen LogP contribution in [0.3, 0.4) is 0 Å². The van der Waals surface area contributed by atoms with Crippen LogP contribution in [0, 0.1) is 0 Å². The van der Waals surface area contributed by atoms with Gasteiger partial charge in [0.05, 0.1) is 0 Å². The molecule has 0 fully saturated rings. The van der Waals surface area contributed by atoms with Crippen LogP contribution in [0.1, 0.15) is 12.2 Å². The van der Waals surface area contributed by atoms with E-state index in [-0.39, 0.29) is 18.7 Å². The first-order chi connectivity index (χ1) is 10.6. The number of carboxylic acids is 1. The highest BCUT2D eigenvalue weighted by Gasteiger charge is 2.12. The Balaban J connectivity index is 2.20. The summed E-state index contributed by atoms with van der Waals surface area (Å²) in [6, 6.07) is 12.8. The molecule has 0 saturated carbocycles. The van der Waals surface area contributed by atoms with Gasteiger partial charge in [0.15, 0.2) is 0 Å². The average Bonchev–Trinajstić information content (AvgIpc) is 2.96. The summed E-state index contributed by atoms with van der Waals surface area (Å²) in [5, 5.41) is 11.4. The van der Waals surface area contributed by atoms with E-state index in [9.17, 15) is 9.59 Å². The second-order valence-corrected chi connectivity index (χ2v) is 4.52. The molecule has 0 aliphatic carbocycles. The molecule has 4 N–H and O–H groups in total. The van der Waals surface area contributed by atoms with Crippen LogP contribution in [0.15, 0.2) is 52.6 Å². The Kier molecular flexibility index (Phi) is 5.11. The maximum atomic E-state index is 11.4. The fraction of sp³-hybridized carbons (Fsp3) is 0.125. The first-order valence-electron chi connectivity index (χ1n) is 6.70. The van der Waals surface area contributed by atoms with Gasteiger partial charge in [0, 0.05) is 24.6 Å². The summed E-state index contributed by atoms with van der Waals surface area (Å²) in [7, 11) is 0. The van der Waals surface area contributed by atoms with Crippen LogP contribution in [0.5, 0.6) is 0 Å². The molecule has 6 heteroatoms. The number of carbonyl (C=O) groups is 2. The van der Waals surface area contributed by atoms with Crippen LogP contribution in [0.2, 0.25) is 0 Å². The molecular formula is C16H16N2O4. The minimum atomic E-state index is -1.25. The lowest BCUT2D eigenvalue weighted by Gasteiger charge is -2.04. The standard InChI is InChI=1S/C16H16N2O4/c17-9-8-15(19)18-13(16(20)21)10-12-6-7-14(22-12)11-4-2-1-3-5-11/h1-7,10H,8-9,17H2,(H,18,19)(H,20,21)/b13-10-. The van der Waals surface area contributed by atoms with Crippen molar-refractivity contribution >= 4 is 18.0 Å². The van der Waals surface area contributed by atoms with Crippen molar-refractivity contribution in [2.75, 3.05) is 6.54 Å². The Bertz CT molecular complexity index is 689. The van der Waals surface area contributed by atoms with E-state index in [1.807, 2.05) is 30.3 Å². The van der Waals surface area contributed by atoms with Crippen LogP contribution < -0.4 is 11.1 Å². The monoisotopic (exact) mass is 300 g/mol. The lowest BCUT2D eigenvalue weighted by Crippen LogP contribution is -2.28. The molecule has 6 nitrogen and oxygen atoms in total. The third-order valence-corrected chi connectivity index (χ3v) is 2.85. The molecule has 0 aliphatic heterocycles. The second-order valence-electron chi connectivity index (χ2n) is 4.52. The van der Waals surface area contributed by atoms with Gasteiger partial charge in [-0.2, -0.15) is 0 Å². The lowest BCUT2D eigenvalue weighted by molar-refractivity contribution is -0.134. The minimum absolute atomic E-state index is 0.0536. The van der Waals surface area contributed by atoms with Crippen molar-refractivity contribution < 1.29 is 19.1 Å². The number of nitrogens with one attached hydrogen (secondary N) is 1. The maximum Gasteiger partial charge on any atom is 0.352 e. The molecule has 0 bridgehead atoms. The predicted molar refractivity (Wildman–Crippen MR) is 81.6 cm³/mol. The molecule has 1 heterocycles. The number of amides is 1. The Hall–Kier alpha value is -2.86. The van der Waals surface area contributed by atoms with E-state index in [2.05, 4.69) is 5.32 Å². The van der Waals surface area contributed by atoms with Crippen LogP contribution in [-0.2, 0) is 9.59 Å². The third kappa shape index (κ3) is 4.07. The number of carbonyl (C=O) groups excluding carboxylic acids is 1. The first kappa shape index (κ1) is 15.5. The van der Waals surface area contributed by atoms with Crippen LogP contribution in [0.4, 0.5) is 0 Å². The second kappa shape index (κ2) is 7.24. The zero-order chi connectivity index (χ0) is 15.9. The number of rotatable bonds is 6. The summed E-state index contributed by atoms with van der Waals surface area (Å²) in [4.78, 5) is 22.6. The van der Waals surface area contributed by atoms with E-state index in [1.54, 1.807) is 12.1 Å². The summed E-state index contributed by atoms with van der Waals surface area (Å²) < 4.78 is 5.58. The van der Waals surface area contributed by atoms with Gasteiger partial charge >= 0.3 is 5.97 Å². The fourth-order valence-corrected chi connectivity index (χ4v) is 1.83. The van der Waals surface area contributed by atoms with E-state index in [0.29, 0.717) is 11.5 Å². The molecule has 1 aromatic carbocycles. The van der Waals surface area contributed by atoms with Gasteiger partial charge < -0.3 is 20.6 Å². The van der Waals surface area contributed by atoms with Crippen molar-refractivity contribution in [3.63, 3.8) is 0 Å². The molecule has 0 radical (unpaired) electrons. The van der Waals surface area contributed by atoms with Crippen molar-refractivity contribution in [1.82, 2.24) is 5.32 Å². The molecule has 0 unspecified atom stereocenters. The quantitative estimate of drug-likeness (QED) is 0.706. The Morgan fingerprint density at radius 3 is 2.55 bits per heavy atom. The number of hydrogen-bond acceptors (Lipinski definition) is 4. The van der Waals surface area contributed by atoms with Crippen LogP contribution in [-0.4, -0.2) is 23.5 Å². The highest BCUT2D eigenvalue weighted by Crippen LogP contribution is 2.22. The van der Waals surface area contributed by atoms with Gasteiger partial charge in [-0.05, 0) is 12.1 Å². The fourth-order valence-electron chi connectivity index (χ4n) is 1.83. The normalized spacial score (nSPS) is 11.2. The summed E-state index contributed by atoms with van der Waals surface area (Å²) >= 11 is 0. The number of benzene rings is 1. The largest absolute Gasteiger partial charge is 0.477 e. The van der Waals surface area contributed by atoms with Crippen molar-refractivity contribution in [3.8, 4) is 11.3 Å². The van der Waals surface area contributed by atoms with E-state index >= 15 is 0 Å². The summed E-state index contributed by atoms with van der Waals surface area (Å²) in [5.41, 5.74) is 5.88. The minimum Gasteiger partial charge on any atom is -0.477 e. The zero-order valence-electron chi connectivity index (χ0n) is 11.8. The molecule has 0 spiro atoms. The van der Waals surface area contributed by atoms with Crippen molar-refractivity contribution in [3.05, 3.63) is 53.9 Å². The molecule has 0 atom stereocenters. The van der Waals surface area contributed by atoms with Crippen molar-refractivity contribution in [2.24, 2.45) is 5.73 Å². The molecule has 114 valence electrons. The van der Waals surface area contributed by atoms with Gasteiger partial charge in [0.25, 0.3) is 0 Å². The highest BCUT2D eigenvalue weighted by molar-refractivity contribution is 5.96. The molecule has 1 amide bonds. The smallest absolute Gasteiger partial charge is 0.352 e. The molecule has 2 rings (SSSR count). The SMILES string of the molecule is NCCC(=O)N/C(=C\c1ccc(-c2ccccc2)o1)C(=O)O. The van der Waals surface area contributed by atoms with Gasteiger partial charge in [0.2, 0.25) is 5.91 Å². The molecular weight excluding hydrogens is 284 g/mol. The third-order valence-electron chi connectivity index (χ3n) is 2.85. The summed E-state index contributed by atoms with van der Waals surface area (Å²) in [5.74, 6) is -0.747. The lowest BCUT2D eigenvalue weighted by atomic mass is 10.2. The molecule has 0 aliphatic rings. The van der Waals surface area contributed by atoms with Gasteiger partial charge in [-0.3, -0.25) is 4.79 Å². The Labute approximate surface area is 127 Å². The summed E-state index contributed by atoms with van der Waals surface area (Å²) in [6.07, 6.45) is 1.32. The van der Waals surface area contributed by atoms with E-state index in [0.717, 1.165) is 5.56 Å². The number of hydrogen-bond donors (Lipinski definition) is 3. The molecule has 22 heavy (non-hydrogen) atoms. The Morgan fingerprint density at radius 2 is 1.91 bits per heavy atom. The van der Waals surface area contributed by atoms with E-state index in [1.165, 1.54) is 6.08 Å². The highest BCUT2D eigenvalue weighted by atomic mass is 16.4. The zero-order valence-corrected chi connectivity index (χ0v) is 11.8. The average molecular weight is 300 g/mol. The van der Waals surface area contributed by atoms with Crippen molar-refractivity contribution in [2.45, 2.75) is 6.42 Å². The van der Waals surface area contributed by atoms with Gasteiger partial charge in [-0.15, -0.1) is 0 Å². The molecule has 2 aromatic rings. The van der Waals surface area contributed by atoms with E-state index in [4.69, 9.17) is 15.3 Å². The maximum absolute atomic E-state index is 11.4. The molecule has 1 aromatic heterocycles. The molecule has 0 saturated heterocycles. The number of nitrogens with two attached hydrogens (primary N) is 1. The van der Waals surface area contributed by atoms with Crippen LogP contribution in [0.25, 0.3) is 17.4 Å². The summed E-state index contributed by atoms with van der Waals surface area (Å²) in [6.45, 7) is 0.150. The first-order valence-corrected chi connectivity index (χ1v) is 6.70. The van der Waals surface area contributed by atoms with Crippen molar-refractivity contribution in [1.29, 1.82) is 0 Å². The van der Waals surface area contributed by atoms with Gasteiger partial charge in [-0.25, -0.2) is 4.79 Å². The number of furan rings is 1. The number of carboxylic acid groups (broad SMARTS) is 1. The van der Waals surface area contributed by atoms with Crippen LogP contribution >= 0.6 is 0 Å². The number of aliphatic carboxylic acids is 1. The van der Waals surface area contributed by atoms with Gasteiger partial charge in [0.1, 0.15) is 17.2 Å². The van der Waals surface area contributed by atoms with E-state index < -0.39 is 11.9 Å². The topological polar surface area (TPSA) is 106 Å². The Morgan fingerprint density at radius 1 is 1.18 bits per heavy atom. The van der Waals surface area contributed by atoms with Gasteiger partial charge in [-0.1, -0.05) is 30.3 Å². The predicted octanol–water partition coefficient (Wildman–Crippen LogP) is 1.84.